The quantitative estimate of drug-likeness (QED) is 0.655. The van der Waals surface area contributed by atoms with Gasteiger partial charge < -0.3 is 15.5 Å². The van der Waals surface area contributed by atoms with Crippen LogP contribution in [0.5, 0.6) is 0 Å². The summed E-state index contributed by atoms with van der Waals surface area (Å²) in [7, 11) is 0. The normalized spacial score (nSPS) is 27.4. The van der Waals surface area contributed by atoms with Crippen molar-refractivity contribution in [3.8, 4) is 6.07 Å². The fourth-order valence-corrected chi connectivity index (χ4v) is 5.79. The minimum absolute atomic E-state index is 0.146. The molecular formula is C26H29N7. The number of benzene rings is 1. The summed E-state index contributed by atoms with van der Waals surface area (Å²) in [5, 5.41) is 10.5. The number of nitrogens with zero attached hydrogens (tertiary/aromatic N) is 6. The summed E-state index contributed by atoms with van der Waals surface area (Å²) in [4.78, 5) is 16.7. The number of fused-ring (bicyclic) bond motifs is 4. The Hall–Kier alpha value is -3.21. The van der Waals surface area contributed by atoms with E-state index in [-0.39, 0.29) is 17.8 Å². The zero-order chi connectivity index (χ0) is 23.6. The largest absolute Gasteiger partial charge is 0.368 e. The van der Waals surface area contributed by atoms with Gasteiger partial charge >= 0.3 is 0 Å². The van der Waals surface area contributed by atoms with Crippen molar-refractivity contribution >= 4 is 22.4 Å². The van der Waals surface area contributed by atoms with Crippen LogP contribution < -0.4 is 15.5 Å². The lowest BCUT2D eigenvalue weighted by Crippen LogP contribution is -2.51. The summed E-state index contributed by atoms with van der Waals surface area (Å²) < 4.78 is 7.92. The van der Waals surface area contributed by atoms with E-state index in [4.69, 9.17) is 12.1 Å². The smallest absolute Gasteiger partial charge is 0.128 e. The first-order valence-corrected chi connectivity index (χ1v) is 11.7. The third kappa shape index (κ3) is 3.33. The molecule has 0 unspecified atom stereocenters. The molecule has 2 aromatic heterocycles. The number of nitrogens with two attached hydrogens (primary N) is 1. The molecule has 2 N–H and O–H groups in total. The van der Waals surface area contributed by atoms with E-state index in [2.05, 4.69) is 51.7 Å². The van der Waals surface area contributed by atoms with Crippen LogP contribution in [0.1, 0.15) is 44.5 Å². The van der Waals surface area contributed by atoms with Crippen LogP contribution in [0.15, 0.2) is 42.6 Å². The van der Waals surface area contributed by atoms with Crippen molar-refractivity contribution in [3.05, 3.63) is 59.4 Å². The molecule has 0 radical (unpaired) electrons. The Bertz CT molecular complexity index is 1330. The Morgan fingerprint density at radius 1 is 1.21 bits per heavy atom. The summed E-state index contributed by atoms with van der Waals surface area (Å²) in [6, 6.07) is 14.8. The van der Waals surface area contributed by atoms with Crippen LogP contribution in [0, 0.1) is 11.3 Å². The summed E-state index contributed by atoms with van der Waals surface area (Å²) in [5.74, 6) is 1.03. The summed E-state index contributed by atoms with van der Waals surface area (Å²) in [5.41, 5.74) is 10.9. The van der Waals surface area contributed by atoms with E-state index in [1.165, 1.54) is 11.3 Å². The molecule has 168 valence electrons. The predicted octanol–water partition coefficient (Wildman–Crippen LogP) is 3.19. The molecule has 3 aliphatic rings. The van der Waals surface area contributed by atoms with Crippen molar-refractivity contribution in [2.75, 3.05) is 36.0 Å². The van der Waals surface area contributed by atoms with E-state index < -0.39 is 0 Å². The first-order chi connectivity index (χ1) is 16.3. The van der Waals surface area contributed by atoms with Crippen molar-refractivity contribution in [1.29, 1.82) is 5.26 Å². The molecule has 5 heterocycles. The molecule has 33 heavy (non-hydrogen) atoms. The molecule has 0 amide bonds. The van der Waals surface area contributed by atoms with E-state index in [0.717, 1.165) is 56.0 Å². The SMILES string of the molecule is [2H]c1ccc2c(N3C[C@@H](C)N4Cc5nc(N6CC[C@@](C)(N)C6)ccc5[C@H]4C3)ccc(C#N)c2n1. The molecule has 7 nitrogen and oxygen atoms in total. The first-order valence-electron chi connectivity index (χ1n) is 12.2. The van der Waals surface area contributed by atoms with Gasteiger partial charge in [-0.15, -0.1) is 0 Å². The van der Waals surface area contributed by atoms with Gasteiger partial charge in [-0.2, -0.15) is 5.26 Å². The summed E-state index contributed by atoms with van der Waals surface area (Å²) in [6.07, 6.45) is 1.17. The number of pyridine rings is 2. The first kappa shape index (κ1) is 19.3. The molecule has 1 aromatic carbocycles. The van der Waals surface area contributed by atoms with E-state index in [1.54, 1.807) is 6.07 Å². The van der Waals surface area contributed by atoms with Crippen LogP contribution in [0.25, 0.3) is 10.9 Å². The highest BCUT2D eigenvalue weighted by molar-refractivity contribution is 5.95. The summed E-state index contributed by atoms with van der Waals surface area (Å²) >= 11 is 0. The third-order valence-electron chi connectivity index (χ3n) is 7.52. The number of hydrogen-bond acceptors (Lipinski definition) is 7. The van der Waals surface area contributed by atoms with Gasteiger partial charge in [0, 0.05) is 61.6 Å². The average Bonchev–Trinajstić information content (AvgIpc) is 3.37. The Morgan fingerprint density at radius 3 is 2.88 bits per heavy atom. The minimum Gasteiger partial charge on any atom is -0.368 e. The monoisotopic (exact) mass is 440 g/mol. The second-order valence-electron chi connectivity index (χ2n) is 10.1. The van der Waals surface area contributed by atoms with Crippen molar-refractivity contribution in [3.63, 3.8) is 0 Å². The van der Waals surface area contributed by atoms with E-state index in [0.29, 0.717) is 17.1 Å². The van der Waals surface area contributed by atoms with Crippen molar-refractivity contribution in [2.24, 2.45) is 5.73 Å². The van der Waals surface area contributed by atoms with Gasteiger partial charge in [0.25, 0.3) is 0 Å². The molecule has 7 heteroatoms. The van der Waals surface area contributed by atoms with Crippen LogP contribution in [-0.2, 0) is 6.54 Å². The van der Waals surface area contributed by atoms with Gasteiger partial charge in [0.15, 0.2) is 0 Å². The highest BCUT2D eigenvalue weighted by atomic mass is 15.3. The van der Waals surface area contributed by atoms with Crippen LogP contribution in [0.2, 0.25) is 0 Å². The maximum atomic E-state index is 9.54. The number of rotatable bonds is 2. The second kappa shape index (κ2) is 7.41. The summed E-state index contributed by atoms with van der Waals surface area (Å²) in [6.45, 7) is 8.80. The number of aromatic nitrogens is 2. The molecule has 0 bridgehead atoms. The van der Waals surface area contributed by atoms with Gasteiger partial charge in [0.1, 0.15) is 11.9 Å². The Labute approximate surface area is 195 Å². The van der Waals surface area contributed by atoms with Crippen LogP contribution in [0.4, 0.5) is 11.5 Å². The lowest BCUT2D eigenvalue weighted by molar-refractivity contribution is 0.133. The van der Waals surface area contributed by atoms with Gasteiger partial charge in [-0.1, -0.05) is 6.07 Å². The molecule has 0 spiro atoms. The number of nitriles is 1. The molecule has 3 aromatic rings. The number of hydrogen-bond donors (Lipinski definition) is 1. The Balaban J connectivity index is 1.33. The predicted molar refractivity (Wildman–Crippen MR) is 130 cm³/mol. The van der Waals surface area contributed by atoms with Gasteiger partial charge in [-0.3, -0.25) is 9.88 Å². The minimum atomic E-state index is -0.146. The molecule has 0 aliphatic carbocycles. The van der Waals surface area contributed by atoms with E-state index in [1.807, 2.05) is 18.2 Å². The van der Waals surface area contributed by atoms with Gasteiger partial charge in [0.05, 0.1) is 24.2 Å². The Morgan fingerprint density at radius 2 is 2.09 bits per heavy atom. The molecule has 0 saturated carbocycles. The van der Waals surface area contributed by atoms with Gasteiger partial charge in [-0.05, 0) is 56.2 Å². The fraction of sp³-hybridized carbons (Fsp3) is 0.423. The Kier molecular flexibility index (Phi) is 4.33. The standard InChI is InChI=1S/C26H29N7/c1-17-13-32(22-7-5-18(12-27)25-20(22)4-3-10-29-25)15-23-19-6-8-24(30-21(19)14-33(17)23)31-11-9-26(2,28)16-31/h3-8,10,17,23H,9,11,13-16,28H2,1-2H3/t17-,23-,26-/m1/s1/i10D. The maximum absolute atomic E-state index is 9.54. The van der Waals surface area contributed by atoms with Crippen molar-refractivity contribution in [1.82, 2.24) is 14.9 Å². The lowest BCUT2D eigenvalue weighted by atomic mass is 10.0. The van der Waals surface area contributed by atoms with Crippen LogP contribution in [0.3, 0.4) is 0 Å². The maximum Gasteiger partial charge on any atom is 0.128 e. The highest BCUT2D eigenvalue weighted by Gasteiger charge is 2.40. The lowest BCUT2D eigenvalue weighted by Gasteiger charge is -2.43. The van der Waals surface area contributed by atoms with E-state index in [9.17, 15) is 5.26 Å². The fourth-order valence-electron chi connectivity index (χ4n) is 5.79. The van der Waals surface area contributed by atoms with Crippen LogP contribution in [-0.4, -0.2) is 52.6 Å². The van der Waals surface area contributed by atoms with Gasteiger partial charge in [-0.25, -0.2) is 4.98 Å². The highest BCUT2D eigenvalue weighted by Crippen LogP contribution is 2.41. The molecule has 2 fully saturated rings. The van der Waals surface area contributed by atoms with E-state index >= 15 is 0 Å². The second-order valence-corrected chi connectivity index (χ2v) is 10.1. The third-order valence-corrected chi connectivity index (χ3v) is 7.52. The zero-order valence-electron chi connectivity index (χ0n) is 20.1. The zero-order valence-corrected chi connectivity index (χ0v) is 19.1. The molecule has 2 saturated heterocycles. The molecular weight excluding hydrogens is 410 g/mol. The van der Waals surface area contributed by atoms with Crippen molar-refractivity contribution in [2.45, 2.75) is 44.4 Å². The topological polar surface area (TPSA) is 85.3 Å². The number of piperazine rings is 1. The van der Waals surface area contributed by atoms with Crippen LogP contribution >= 0.6 is 0 Å². The average molecular weight is 441 g/mol. The molecule has 3 atom stereocenters. The molecule has 3 aliphatic heterocycles. The number of anilines is 2. The van der Waals surface area contributed by atoms with Crippen molar-refractivity contribution < 1.29 is 1.37 Å². The molecule has 6 rings (SSSR count). The van der Waals surface area contributed by atoms with Gasteiger partial charge in [0.2, 0.25) is 0 Å².